The number of hydrogen-bond donors (Lipinski definition) is 1. The molecule has 0 fully saturated rings. The van der Waals surface area contributed by atoms with Crippen LogP contribution in [0.2, 0.25) is 0 Å². The van der Waals surface area contributed by atoms with E-state index in [-0.39, 0.29) is 18.1 Å². The lowest BCUT2D eigenvalue weighted by Gasteiger charge is -2.18. The highest BCUT2D eigenvalue weighted by molar-refractivity contribution is 6.29. The predicted molar refractivity (Wildman–Crippen MR) is 75.6 cm³/mol. The molecule has 0 radical (unpaired) electrons. The van der Waals surface area contributed by atoms with Crippen molar-refractivity contribution in [2.75, 3.05) is 6.61 Å². The summed E-state index contributed by atoms with van der Waals surface area (Å²) in [7, 11) is 0. The zero-order valence-electron chi connectivity index (χ0n) is 11.4. The SMILES string of the molecule is C=N/C(=C(\C=C(/C)Cl)C(=O)OCC)[C@@H](N)C(C)C. The van der Waals surface area contributed by atoms with Gasteiger partial charge in [-0.25, -0.2) is 4.79 Å². The lowest BCUT2D eigenvalue weighted by atomic mass is 9.98. The van der Waals surface area contributed by atoms with E-state index in [1.54, 1.807) is 13.8 Å². The zero-order chi connectivity index (χ0) is 14.3. The fraction of sp³-hybridized carbons (Fsp3) is 0.538. The van der Waals surface area contributed by atoms with Crippen LogP contribution in [0.15, 0.2) is 27.4 Å². The smallest absolute Gasteiger partial charge is 0.340 e. The molecule has 5 heteroatoms. The standard InChI is InChI=1S/C13H21ClN2O2/c1-6-18-13(17)10(7-9(4)14)12(16-5)11(15)8(2)3/h7-8,11H,5-6,15H2,1-4H3/b9-7+,12-10+/t11-/m0/s1. The number of esters is 1. The molecule has 0 aromatic heterocycles. The second-order valence-corrected chi connectivity index (χ2v) is 4.77. The van der Waals surface area contributed by atoms with E-state index >= 15 is 0 Å². The Kier molecular flexibility index (Phi) is 7.55. The Morgan fingerprint density at radius 2 is 2.11 bits per heavy atom. The first-order valence-electron chi connectivity index (χ1n) is 5.82. The van der Waals surface area contributed by atoms with Gasteiger partial charge in [-0.3, -0.25) is 4.99 Å². The van der Waals surface area contributed by atoms with E-state index in [0.717, 1.165) is 0 Å². The summed E-state index contributed by atoms with van der Waals surface area (Å²) in [6.07, 6.45) is 1.51. The number of ether oxygens (including phenoxy) is 1. The van der Waals surface area contributed by atoms with Crippen LogP contribution >= 0.6 is 11.6 Å². The maximum Gasteiger partial charge on any atom is 0.340 e. The molecule has 4 nitrogen and oxygen atoms in total. The third-order valence-electron chi connectivity index (χ3n) is 2.32. The molecule has 18 heavy (non-hydrogen) atoms. The first-order chi connectivity index (χ1) is 8.34. The minimum Gasteiger partial charge on any atom is -0.462 e. The number of hydrogen-bond acceptors (Lipinski definition) is 4. The fourth-order valence-electron chi connectivity index (χ4n) is 1.33. The van der Waals surface area contributed by atoms with E-state index in [4.69, 9.17) is 22.1 Å². The van der Waals surface area contributed by atoms with E-state index in [9.17, 15) is 4.79 Å². The average molecular weight is 273 g/mol. The monoisotopic (exact) mass is 272 g/mol. The van der Waals surface area contributed by atoms with Gasteiger partial charge in [-0.2, -0.15) is 0 Å². The van der Waals surface area contributed by atoms with Crippen LogP contribution in [0.3, 0.4) is 0 Å². The minimum atomic E-state index is -0.490. The Balaban J connectivity index is 5.67. The van der Waals surface area contributed by atoms with Gasteiger partial charge in [0.1, 0.15) is 0 Å². The highest BCUT2D eigenvalue weighted by Crippen LogP contribution is 2.19. The third-order valence-corrected chi connectivity index (χ3v) is 2.43. The van der Waals surface area contributed by atoms with Crippen LogP contribution in [0.1, 0.15) is 27.7 Å². The molecule has 0 saturated carbocycles. The first-order valence-corrected chi connectivity index (χ1v) is 6.20. The van der Waals surface area contributed by atoms with E-state index < -0.39 is 12.0 Å². The molecule has 0 heterocycles. The summed E-state index contributed by atoms with van der Waals surface area (Å²) in [5, 5.41) is 0.454. The molecule has 0 amide bonds. The van der Waals surface area contributed by atoms with E-state index in [0.29, 0.717) is 10.7 Å². The van der Waals surface area contributed by atoms with Gasteiger partial charge in [0.05, 0.1) is 23.9 Å². The van der Waals surface area contributed by atoms with Gasteiger partial charge in [-0.1, -0.05) is 25.4 Å². The van der Waals surface area contributed by atoms with Gasteiger partial charge in [-0.15, -0.1) is 0 Å². The van der Waals surface area contributed by atoms with Crippen LogP contribution in [0, 0.1) is 5.92 Å². The summed E-state index contributed by atoms with van der Waals surface area (Å²) in [5.74, 6) is -0.366. The number of carbonyl (C=O) groups is 1. The maximum atomic E-state index is 11.9. The summed E-state index contributed by atoms with van der Waals surface area (Å²) in [4.78, 5) is 15.7. The molecule has 0 aliphatic carbocycles. The number of nitrogens with zero attached hydrogens (tertiary/aromatic N) is 1. The van der Waals surface area contributed by atoms with Crippen LogP contribution in [-0.2, 0) is 9.53 Å². The van der Waals surface area contributed by atoms with Crippen molar-refractivity contribution < 1.29 is 9.53 Å². The minimum absolute atomic E-state index is 0.124. The molecule has 0 saturated heterocycles. The first kappa shape index (κ1) is 16.9. The number of carbonyl (C=O) groups excluding carboxylic acids is 1. The number of halogens is 1. The largest absolute Gasteiger partial charge is 0.462 e. The summed E-state index contributed by atoms with van der Waals surface area (Å²) in [6.45, 7) is 11.0. The molecule has 0 aliphatic rings. The zero-order valence-corrected chi connectivity index (χ0v) is 12.1. The molecule has 2 N–H and O–H groups in total. The van der Waals surface area contributed by atoms with Crippen molar-refractivity contribution in [2.45, 2.75) is 33.7 Å². The Morgan fingerprint density at radius 1 is 1.56 bits per heavy atom. The van der Waals surface area contributed by atoms with Gasteiger partial charge in [0.25, 0.3) is 0 Å². The molecule has 0 spiro atoms. The number of allylic oxidation sites excluding steroid dienone is 1. The van der Waals surface area contributed by atoms with Crippen molar-refractivity contribution >= 4 is 24.3 Å². The highest BCUT2D eigenvalue weighted by atomic mass is 35.5. The van der Waals surface area contributed by atoms with E-state index in [1.165, 1.54) is 6.08 Å². The maximum absolute atomic E-state index is 11.9. The van der Waals surface area contributed by atoms with E-state index in [1.807, 2.05) is 13.8 Å². The Hall–Kier alpha value is -1.13. The highest BCUT2D eigenvalue weighted by Gasteiger charge is 2.21. The van der Waals surface area contributed by atoms with Crippen LogP contribution in [0.5, 0.6) is 0 Å². The van der Waals surface area contributed by atoms with Crippen molar-refractivity contribution in [2.24, 2.45) is 16.6 Å². The van der Waals surface area contributed by atoms with Crippen LogP contribution in [-0.4, -0.2) is 25.3 Å². The summed E-state index contributed by atoms with van der Waals surface area (Å²) in [5.41, 5.74) is 6.68. The third kappa shape index (κ3) is 5.02. The normalized spacial score (nSPS) is 15.2. The molecule has 0 aromatic carbocycles. The Morgan fingerprint density at radius 3 is 2.44 bits per heavy atom. The van der Waals surface area contributed by atoms with Gasteiger partial charge < -0.3 is 10.5 Å². The molecule has 0 aromatic rings. The van der Waals surface area contributed by atoms with Gasteiger partial charge >= 0.3 is 5.97 Å². The Bertz CT molecular complexity index is 369. The summed E-state index contributed by atoms with van der Waals surface area (Å²) < 4.78 is 4.97. The molecular formula is C13H21ClN2O2. The van der Waals surface area contributed by atoms with Crippen molar-refractivity contribution in [3.8, 4) is 0 Å². The lowest BCUT2D eigenvalue weighted by molar-refractivity contribution is -0.138. The number of rotatable bonds is 6. The number of aliphatic imine (C=N–C) groups is 1. The fourth-order valence-corrected chi connectivity index (χ4v) is 1.44. The molecule has 0 rings (SSSR count). The molecular weight excluding hydrogens is 252 g/mol. The van der Waals surface area contributed by atoms with Crippen molar-refractivity contribution in [3.63, 3.8) is 0 Å². The lowest BCUT2D eigenvalue weighted by Crippen LogP contribution is -2.30. The van der Waals surface area contributed by atoms with Gasteiger partial charge in [-0.05, 0) is 32.6 Å². The summed E-state index contributed by atoms with van der Waals surface area (Å²) >= 11 is 5.82. The van der Waals surface area contributed by atoms with Crippen LogP contribution < -0.4 is 5.73 Å². The molecule has 102 valence electrons. The topological polar surface area (TPSA) is 64.7 Å². The second-order valence-electron chi connectivity index (χ2n) is 4.18. The predicted octanol–water partition coefficient (Wildman–Crippen LogP) is 2.63. The molecule has 1 atom stereocenters. The molecule has 0 bridgehead atoms. The number of nitrogens with two attached hydrogens (primary N) is 1. The average Bonchev–Trinajstić information content (AvgIpc) is 2.28. The van der Waals surface area contributed by atoms with Crippen LogP contribution in [0.4, 0.5) is 0 Å². The molecule has 0 aliphatic heterocycles. The van der Waals surface area contributed by atoms with Crippen LogP contribution in [0.25, 0.3) is 0 Å². The van der Waals surface area contributed by atoms with Crippen molar-refractivity contribution in [3.05, 3.63) is 22.4 Å². The Labute approximate surface area is 114 Å². The molecule has 0 unspecified atom stereocenters. The van der Waals surface area contributed by atoms with Gasteiger partial charge in [0.2, 0.25) is 0 Å². The quantitative estimate of drug-likeness (QED) is 0.350. The van der Waals surface area contributed by atoms with Gasteiger partial charge in [0, 0.05) is 5.03 Å². The van der Waals surface area contributed by atoms with E-state index in [2.05, 4.69) is 11.7 Å². The van der Waals surface area contributed by atoms with Crippen molar-refractivity contribution in [1.29, 1.82) is 0 Å². The second kappa shape index (κ2) is 8.06. The summed E-state index contributed by atoms with van der Waals surface area (Å²) in [6, 6.07) is -0.394. The van der Waals surface area contributed by atoms with Crippen molar-refractivity contribution in [1.82, 2.24) is 0 Å². The van der Waals surface area contributed by atoms with Gasteiger partial charge in [0.15, 0.2) is 0 Å².